The summed E-state index contributed by atoms with van der Waals surface area (Å²) in [6.45, 7) is 5.77. The monoisotopic (exact) mass is 375 g/mol. The van der Waals surface area contributed by atoms with Gasteiger partial charge in [-0.05, 0) is 44.5 Å². The minimum absolute atomic E-state index is 0.0473. The Labute approximate surface area is 133 Å². The number of hydrogen-bond acceptors (Lipinski definition) is 4. The molecule has 0 atom stereocenters. The first-order valence-corrected chi connectivity index (χ1v) is 8.83. The Morgan fingerprint density at radius 3 is 2.67 bits per heavy atom. The summed E-state index contributed by atoms with van der Waals surface area (Å²) in [7, 11) is -3.50. The molecule has 0 N–H and O–H groups in total. The molecule has 0 unspecified atom stereocenters. The average molecular weight is 376 g/mol. The highest BCUT2D eigenvalue weighted by Crippen LogP contribution is 2.32. The van der Waals surface area contributed by atoms with Gasteiger partial charge in [0.2, 0.25) is 10.0 Å². The lowest BCUT2D eigenvalue weighted by atomic mass is 10.2. The van der Waals surface area contributed by atoms with Gasteiger partial charge in [0.1, 0.15) is 5.60 Å². The average Bonchev–Trinajstić information content (AvgIpc) is 2.55. The van der Waals surface area contributed by atoms with Gasteiger partial charge < -0.3 is 4.74 Å². The summed E-state index contributed by atoms with van der Waals surface area (Å²) in [6.07, 6.45) is 0.0473. The molecule has 0 amide bonds. The number of halogens is 1. The van der Waals surface area contributed by atoms with Crippen LogP contribution in [0.2, 0.25) is 0 Å². The highest BCUT2D eigenvalue weighted by atomic mass is 79.9. The Kier molecular flexibility index (Phi) is 4.46. The topological polar surface area (TPSA) is 63.7 Å². The second-order valence-corrected chi connectivity index (χ2v) is 8.75. The Morgan fingerprint density at radius 2 is 2.05 bits per heavy atom. The van der Waals surface area contributed by atoms with Gasteiger partial charge in [-0.25, -0.2) is 8.42 Å². The van der Waals surface area contributed by atoms with E-state index >= 15 is 0 Å². The minimum Gasteiger partial charge on any atom is -0.460 e. The Hall–Kier alpha value is -0.920. The van der Waals surface area contributed by atoms with Crippen LogP contribution < -0.4 is 0 Å². The van der Waals surface area contributed by atoms with E-state index in [4.69, 9.17) is 4.74 Å². The van der Waals surface area contributed by atoms with Crippen molar-refractivity contribution in [2.45, 2.75) is 44.2 Å². The predicted molar refractivity (Wildman–Crippen MR) is 82.2 cm³/mol. The van der Waals surface area contributed by atoms with E-state index < -0.39 is 21.6 Å². The lowest BCUT2D eigenvalue weighted by molar-refractivity contribution is -0.154. The maximum absolute atomic E-state index is 12.4. The van der Waals surface area contributed by atoms with E-state index in [1.165, 1.54) is 4.31 Å². The van der Waals surface area contributed by atoms with Crippen molar-refractivity contribution in [3.05, 3.63) is 28.2 Å². The molecule has 0 aromatic heterocycles. The molecule has 2 rings (SSSR count). The summed E-state index contributed by atoms with van der Waals surface area (Å²) in [5, 5.41) is 0. The maximum atomic E-state index is 12.4. The zero-order chi connectivity index (χ0) is 15.8. The Bertz CT molecular complexity index is 664. The standard InChI is InChI=1S/C14H18BrNO4S/c1-14(2,3)20-13(17)6-7-16-9-10-8-11(15)4-5-12(10)21(16,18)19/h4-5,8H,6-7,9H2,1-3H3. The third-order valence-electron chi connectivity index (χ3n) is 2.97. The van der Waals surface area contributed by atoms with Crippen molar-refractivity contribution in [3.63, 3.8) is 0 Å². The van der Waals surface area contributed by atoms with Crippen LogP contribution in [-0.4, -0.2) is 30.8 Å². The van der Waals surface area contributed by atoms with Crippen LogP contribution in [0.3, 0.4) is 0 Å². The first-order valence-electron chi connectivity index (χ1n) is 6.60. The molecule has 0 fully saturated rings. The molecule has 0 aliphatic carbocycles. The molecule has 0 saturated heterocycles. The van der Waals surface area contributed by atoms with Crippen LogP contribution >= 0.6 is 15.9 Å². The molecule has 1 aliphatic heterocycles. The quantitative estimate of drug-likeness (QED) is 0.761. The normalized spacial score (nSPS) is 17.5. The van der Waals surface area contributed by atoms with Crippen molar-refractivity contribution in [1.82, 2.24) is 4.31 Å². The summed E-state index contributed by atoms with van der Waals surface area (Å²) in [4.78, 5) is 12.0. The van der Waals surface area contributed by atoms with Crippen LogP contribution in [-0.2, 0) is 26.1 Å². The first-order chi connectivity index (χ1) is 9.59. The van der Waals surface area contributed by atoms with Crippen LogP contribution in [0.15, 0.2) is 27.6 Å². The zero-order valence-corrected chi connectivity index (χ0v) is 14.6. The van der Waals surface area contributed by atoms with Crippen molar-refractivity contribution >= 4 is 31.9 Å². The second kappa shape index (κ2) is 5.70. The molecule has 1 aliphatic rings. The van der Waals surface area contributed by atoms with E-state index in [9.17, 15) is 13.2 Å². The summed E-state index contributed by atoms with van der Waals surface area (Å²) in [5.41, 5.74) is 0.183. The number of ether oxygens (including phenoxy) is 1. The van der Waals surface area contributed by atoms with Crippen molar-refractivity contribution < 1.29 is 17.9 Å². The molecule has 1 aromatic rings. The summed E-state index contributed by atoms with van der Waals surface area (Å²) in [6, 6.07) is 5.08. The lowest BCUT2D eigenvalue weighted by Gasteiger charge is -2.20. The van der Waals surface area contributed by atoms with Gasteiger partial charge in [-0.3, -0.25) is 4.79 Å². The molecule has 21 heavy (non-hydrogen) atoms. The largest absolute Gasteiger partial charge is 0.460 e. The second-order valence-electron chi connectivity index (χ2n) is 5.93. The van der Waals surface area contributed by atoms with E-state index in [2.05, 4.69) is 15.9 Å². The first kappa shape index (κ1) is 16.5. The molecule has 7 heteroatoms. The van der Waals surface area contributed by atoms with Crippen LogP contribution in [0.25, 0.3) is 0 Å². The van der Waals surface area contributed by atoms with Crippen LogP contribution in [0.4, 0.5) is 0 Å². The molecule has 0 saturated carbocycles. The zero-order valence-electron chi connectivity index (χ0n) is 12.2. The number of hydrogen-bond donors (Lipinski definition) is 0. The molecule has 0 bridgehead atoms. The van der Waals surface area contributed by atoms with Gasteiger partial charge in [0.15, 0.2) is 0 Å². The van der Waals surface area contributed by atoms with E-state index in [1.54, 1.807) is 39.0 Å². The molecule has 116 valence electrons. The highest BCUT2D eigenvalue weighted by Gasteiger charge is 2.34. The number of sulfonamides is 1. The van der Waals surface area contributed by atoms with Crippen LogP contribution in [0, 0.1) is 0 Å². The van der Waals surface area contributed by atoms with Gasteiger partial charge in [0.05, 0.1) is 11.3 Å². The Morgan fingerprint density at radius 1 is 1.38 bits per heavy atom. The molecule has 1 heterocycles. The smallest absolute Gasteiger partial charge is 0.307 e. The Balaban J connectivity index is 2.06. The van der Waals surface area contributed by atoms with Crippen molar-refractivity contribution in [2.75, 3.05) is 6.54 Å². The number of carbonyl (C=O) groups excluding carboxylic acids is 1. The number of rotatable bonds is 3. The van der Waals surface area contributed by atoms with E-state index in [0.717, 1.165) is 10.0 Å². The van der Waals surface area contributed by atoms with Gasteiger partial charge in [-0.2, -0.15) is 4.31 Å². The molecule has 5 nitrogen and oxygen atoms in total. The molecule has 0 spiro atoms. The van der Waals surface area contributed by atoms with E-state index in [0.29, 0.717) is 11.4 Å². The molecule has 0 radical (unpaired) electrons. The number of esters is 1. The highest BCUT2D eigenvalue weighted by molar-refractivity contribution is 9.10. The van der Waals surface area contributed by atoms with Gasteiger partial charge in [0.25, 0.3) is 0 Å². The fourth-order valence-electron chi connectivity index (χ4n) is 2.15. The fraction of sp³-hybridized carbons (Fsp3) is 0.500. The van der Waals surface area contributed by atoms with E-state index in [1.807, 2.05) is 0 Å². The van der Waals surface area contributed by atoms with Crippen molar-refractivity contribution in [2.24, 2.45) is 0 Å². The number of carbonyl (C=O) groups is 1. The summed E-state index contributed by atoms with van der Waals surface area (Å²) in [5.74, 6) is -0.394. The van der Waals surface area contributed by atoms with Gasteiger partial charge in [-0.15, -0.1) is 0 Å². The molecular weight excluding hydrogens is 358 g/mol. The molecule has 1 aromatic carbocycles. The van der Waals surface area contributed by atoms with Crippen LogP contribution in [0.1, 0.15) is 32.8 Å². The summed E-state index contributed by atoms with van der Waals surface area (Å²) >= 11 is 3.33. The molecular formula is C14H18BrNO4S. The maximum Gasteiger partial charge on any atom is 0.307 e. The number of benzene rings is 1. The van der Waals surface area contributed by atoms with Crippen molar-refractivity contribution in [1.29, 1.82) is 0 Å². The predicted octanol–water partition coefficient (Wildman–Crippen LogP) is 2.69. The van der Waals surface area contributed by atoms with E-state index in [-0.39, 0.29) is 13.0 Å². The third kappa shape index (κ3) is 3.84. The summed E-state index contributed by atoms with van der Waals surface area (Å²) < 4.78 is 32.0. The van der Waals surface area contributed by atoms with Gasteiger partial charge in [-0.1, -0.05) is 15.9 Å². The van der Waals surface area contributed by atoms with Crippen LogP contribution in [0.5, 0.6) is 0 Å². The SMILES string of the molecule is CC(C)(C)OC(=O)CCN1Cc2cc(Br)ccc2S1(=O)=O. The van der Waals surface area contributed by atoms with Crippen molar-refractivity contribution in [3.8, 4) is 0 Å². The number of nitrogens with zero attached hydrogens (tertiary/aromatic N) is 1. The van der Waals surface area contributed by atoms with Gasteiger partial charge >= 0.3 is 5.97 Å². The number of fused-ring (bicyclic) bond motifs is 1. The van der Waals surface area contributed by atoms with Gasteiger partial charge in [0, 0.05) is 17.6 Å². The third-order valence-corrected chi connectivity index (χ3v) is 5.41. The lowest BCUT2D eigenvalue weighted by Crippen LogP contribution is -2.30. The minimum atomic E-state index is -3.50. The fourth-order valence-corrected chi connectivity index (χ4v) is 4.17.